The van der Waals surface area contributed by atoms with Crippen molar-refractivity contribution in [2.45, 2.75) is 4.90 Å². The van der Waals surface area contributed by atoms with E-state index in [0.29, 0.717) is 5.69 Å². The Morgan fingerprint density at radius 3 is 1.92 bits per heavy atom. The topological polar surface area (TPSA) is 137 Å². The molecular weight excluding hydrogens is 358 g/mol. The summed E-state index contributed by atoms with van der Waals surface area (Å²) in [6, 6.07) is 8.66. The van der Waals surface area contributed by atoms with Gasteiger partial charge in [-0.1, -0.05) is 0 Å². The first-order chi connectivity index (χ1) is 10.3. The number of aromatic carboxylic acids is 1. The van der Waals surface area contributed by atoms with Crippen molar-refractivity contribution in [2.75, 3.05) is 0 Å². The van der Waals surface area contributed by atoms with Gasteiger partial charge in [0.1, 0.15) is 11.3 Å². The number of nitrogens with zero attached hydrogens (tertiary/aromatic N) is 2. The van der Waals surface area contributed by atoms with E-state index in [2.05, 4.69) is 10.2 Å². The van der Waals surface area contributed by atoms with Gasteiger partial charge < -0.3 is 10.2 Å². The van der Waals surface area contributed by atoms with E-state index < -0.39 is 16.1 Å². The van der Waals surface area contributed by atoms with E-state index in [1.807, 2.05) is 0 Å². The van der Waals surface area contributed by atoms with E-state index in [0.717, 1.165) is 18.2 Å². The Morgan fingerprint density at radius 2 is 1.42 bits per heavy atom. The molecule has 0 fully saturated rings. The molecule has 0 radical (unpaired) electrons. The molecule has 0 aromatic heterocycles. The van der Waals surface area contributed by atoms with E-state index in [9.17, 15) is 18.3 Å². The van der Waals surface area contributed by atoms with Crippen LogP contribution in [0.5, 0.6) is 5.75 Å². The number of rotatable bonds is 4. The third-order valence-corrected chi connectivity index (χ3v) is 3.49. The van der Waals surface area contributed by atoms with Crippen LogP contribution in [0.15, 0.2) is 57.6 Å². The summed E-state index contributed by atoms with van der Waals surface area (Å²) >= 11 is 0. The molecule has 118 valence electrons. The van der Waals surface area contributed by atoms with Gasteiger partial charge in [-0.25, -0.2) is 4.79 Å². The summed E-state index contributed by atoms with van der Waals surface area (Å²) in [5.74, 6) is -1.68. The second-order valence-electron chi connectivity index (χ2n) is 4.18. The zero-order chi connectivity index (χ0) is 16.3. The number of azo groups is 1. The van der Waals surface area contributed by atoms with Crippen molar-refractivity contribution in [1.82, 2.24) is 0 Å². The molecule has 0 saturated heterocycles. The van der Waals surface area contributed by atoms with Gasteiger partial charge in [-0.2, -0.15) is 18.6 Å². The van der Waals surface area contributed by atoms with Crippen molar-refractivity contribution >= 4 is 86.6 Å². The molecular formula is C13H12N2Na2O6S. The summed E-state index contributed by atoms with van der Waals surface area (Å²) in [7, 11) is -4.27. The zero-order valence-corrected chi connectivity index (χ0v) is 11.7. The Labute approximate surface area is 182 Å². The molecule has 0 heterocycles. The Kier molecular flexibility index (Phi) is 9.32. The van der Waals surface area contributed by atoms with Gasteiger partial charge >= 0.3 is 65.1 Å². The number of hydrogen-bond donors (Lipinski definition) is 3. The average Bonchev–Trinajstić information content (AvgIpc) is 2.45. The van der Waals surface area contributed by atoms with Crippen LogP contribution in [0.25, 0.3) is 0 Å². The molecule has 0 amide bonds. The Morgan fingerprint density at radius 1 is 0.917 bits per heavy atom. The molecule has 0 atom stereocenters. The Hall–Kier alpha value is -0.780. The maximum absolute atomic E-state index is 10.9. The minimum absolute atomic E-state index is 0. The van der Waals surface area contributed by atoms with Crippen molar-refractivity contribution in [1.29, 1.82) is 0 Å². The van der Waals surface area contributed by atoms with E-state index in [1.165, 1.54) is 24.3 Å². The van der Waals surface area contributed by atoms with Crippen molar-refractivity contribution in [3.05, 3.63) is 48.0 Å². The average molecular weight is 370 g/mol. The molecule has 3 N–H and O–H groups in total. The second kappa shape index (κ2) is 9.64. The molecule has 0 unspecified atom stereocenters. The first kappa shape index (κ1) is 23.2. The van der Waals surface area contributed by atoms with Gasteiger partial charge in [0.15, 0.2) is 0 Å². The van der Waals surface area contributed by atoms with Crippen LogP contribution in [-0.4, -0.2) is 88.3 Å². The third kappa shape index (κ3) is 6.26. The Balaban J connectivity index is 0.00000264. The fourth-order valence-electron chi connectivity index (χ4n) is 1.56. The van der Waals surface area contributed by atoms with Crippen LogP contribution in [0.1, 0.15) is 10.4 Å². The summed E-state index contributed by atoms with van der Waals surface area (Å²) in [6.45, 7) is 0. The van der Waals surface area contributed by atoms with E-state index in [1.54, 1.807) is 0 Å². The number of carbonyl (C=O) groups is 1. The standard InChI is InChI=1S/C13H10N2O6S.2Na.2H/c16-12-6-3-9(7-11(12)13(17)18)15-14-8-1-4-10(5-2-8)22(19,20)21;;;;/h1-7,16H,(H,17,18)(H,19,20,21);;;;. The molecule has 2 aromatic rings. The summed E-state index contributed by atoms with van der Waals surface area (Å²) in [5, 5.41) is 25.8. The number of carboxylic acids is 1. The van der Waals surface area contributed by atoms with Gasteiger partial charge in [-0.15, -0.1) is 0 Å². The first-order valence-corrected chi connectivity index (χ1v) is 7.27. The van der Waals surface area contributed by atoms with Crippen LogP contribution in [0.2, 0.25) is 0 Å². The molecule has 0 bridgehead atoms. The molecule has 24 heavy (non-hydrogen) atoms. The molecule has 0 spiro atoms. The van der Waals surface area contributed by atoms with Gasteiger partial charge in [0.05, 0.1) is 16.3 Å². The number of phenols is 1. The van der Waals surface area contributed by atoms with E-state index in [4.69, 9.17) is 9.66 Å². The monoisotopic (exact) mass is 370 g/mol. The van der Waals surface area contributed by atoms with Crippen molar-refractivity contribution in [3.63, 3.8) is 0 Å². The second-order valence-corrected chi connectivity index (χ2v) is 5.60. The fraction of sp³-hybridized carbons (Fsp3) is 0. The predicted octanol–water partition coefficient (Wildman–Crippen LogP) is 1.46. The Bertz CT molecular complexity index is 853. The summed E-state index contributed by atoms with van der Waals surface area (Å²) < 4.78 is 30.6. The van der Waals surface area contributed by atoms with Gasteiger partial charge in [-0.05, 0) is 42.5 Å². The molecule has 0 aliphatic heterocycles. The summed E-state index contributed by atoms with van der Waals surface area (Å²) in [4.78, 5) is 10.6. The van der Waals surface area contributed by atoms with Crippen LogP contribution in [0, 0.1) is 0 Å². The number of benzene rings is 2. The summed E-state index contributed by atoms with van der Waals surface area (Å²) in [6.07, 6.45) is 0. The molecule has 11 heteroatoms. The third-order valence-electron chi connectivity index (χ3n) is 2.63. The van der Waals surface area contributed by atoms with Crippen molar-refractivity contribution in [2.24, 2.45) is 10.2 Å². The molecule has 0 saturated carbocycles. The molecule has 0 aliphatic carbocycles. The van der Waals surface area contributed by atoms with E-state index >= 15 is 0 Å². The van der Waals surface area contributed by atoms with Crippen LogP contribution >= 0.6 is 0 Å². The number of hydrogen-bond acceptors (Lipinski definition) is 6. The van der Waals surface area contributed by atoms with Crippen molar-refractivity contribution < 1.29 is 28.0 Å². The van der Waals surface area contributed by atoms with Crippen LogP contribution < -0.4 is 0 Å². The van der Waals surface area contributed by atoms with Gasteiger partial charge in [0.2, 0.25) is 0 Å². The zero-order valence-electron chi connectivity index (χ0n) is 10.9. The van der Waals surface area contributed by atoms with E-state index in [-0.39, 0.29) is 81.0 Å². The first-order valence-electron chi connectivity index (χ1n) is 5.83. The maximum atomic E-state index is 10.9. The SMILES string of the molecule is O=C(O)c1cc(N=Nc2ccc(S(=O)(=O)O)cc2)ccc1O.[NaH].[NaH]. The molecule has 2 rings (SSSR count). The fourth-order valence-corrected chi connectivity index (χ4v) is 2.04. The van der Waals surface area contributed by atoms with Gasteiger partial charge in [0.25, 0.3) is 10.1 Å². The molecule has 8 nitrogen and oxygen atoms in total. The number of aromatic hydroxyl groups is 1. The summed E-state index contributed by atoms with van der Waals surface area (Å²) in [5.41, 5.74) is 0.199. The molecule has 2 aromatic carbocycles. The quantitative estimate of drug-likeness (QED) is 0.423. The molecule has 0 aliphatic rings. The van der Waals surface area contributed by atoms with Crippen molar-refractivity contribution in [3.8, 4) is 5.75 Å². The minimum atomic E-state index is -4.27. The normalized spacial score (nSPS) is 10.7. The van der Waals surface area contributed by atoms with Crippen LogP contribution in [0.4, 0.5) is 11.4 Å². The number of carboxylic acid groups (broad SMARTS) is 1. The predicted molar refractivity (Wildman–Crippen MR) is 89.8 cm³/mol. The van der Waals surface area contributed by atoms with Crippen LogP contribution in [0.3, 0.4) is 0 Å². The van der Waals surface area contributed by atoms with Gasteiger partial charge in [0, 0.05) is 0 Å². The van der Waals surface area contributed by atoms with Crippen LogP contribution in [-0.2, 0) is 10.1 Å². The van der Waals surface area contributed by atoms with Gasteiger partial charge in [-0.3, -0.25) is 4.55 Å².